The first kappa shape index (κ1) is 15.4. The smallest absolute Gasteiger partial charge is 0.0897 e. The molecule has 1 aliphatic carbocycles. The van der Waals surface area contributed by atoms with Crippen LogP contribution < -0.4 is 5.32 Å². The summed E-state index contributed by atoms with van der Waals surface area (Å²) in [7, 11) is 1.75. The molecule has 112 valence electrons. The minimum atomic E-state index is -0.475. The Morgan fingerprint density at radius 1 is 1.30 bits per heavy atom. The molecule has 0 aliphatic heterocycles. The predicted molar refractivity (Wildman–Crippen MR) is 78.5 cm³/mol. The van der Waals surface area contributed by atoms with Crippen molar-refractivity contribution in [1.82, 2.24) is 5.32 Å². The van der Waals surface area contributed by atoms with Gasteiger partial charge in [0.2, 0.25) is 0 Å². The van der Waals surface area contributed by atoms with E-state index in [1.807, 2.05) is 30.3 Å². The molecule has 1 fully saturated rings. The zero-order valence-electron chi connectivity index (χ0n) is 12.1. The van der Waals surface area contributed by atoms with Gasteiger partial charge in [-0.1, -0.05) is 30.3 Å². The molecule has 0 saturated heterocycles. The Morgan fingerprint density at radius 3 is 2.85 bits per heavy atom. The van der Waals surface area contributed by atoms with Crippen molar-refractivity contribution in [3.63, 3.8) is 0 Å². The van der Waals surface area contributed by atoms with Gasteiger partial charge in [0, 0.05) is 19.7 Å². The number of methoxy groups -OCH3 is 1. The third-order valence-corrected chi connectivity index (χ3v) is 3.79. The van der Waals surface area contributed by atoms with Crippen LogP contribution in [-0.2, 0) is 16.1 Å². The van der Waals surface area contributed by atoms with E-state index < -0.39 is 6.10 Å². The molecule has 2 rings (SSSR count). The standard InChI is InChI=1S/C16H25NO3/c1-19-16-9-5-8-15(16)17-10-14(18)12-20-11-13-6-3-2-4-7-13/h2-4,6-7,14-18H,5,8-12H2,1H3. The first-order chi connectivity index (χ1) is 9.79. The third-order valence-electron chi connectivity index (χ3n) is 3.79. The van der Waals surface area contributed by atoms with E-state index in [9.17, 15) is 5.11 Å². The van der Waals surface area contributed by atoms with Crippen LogP contribution in [0, 0.1) is 0 Å². The second-order valence-corrected chi connectivity index (χ2v) is 5.37. The third kappa shape index (κ3) is 4.87. The Bertz CT molecular complexity index is 371. The molecule has 4 heteroatoms. The molecule has 0 heterocycles. The Hall–Kier alpha value is -0.940. The fourth-order valence-corrected chi connectivity index (χ4v) is 2.68. The molecule has 4 nitrogen and oxygen atoms in total. The van der Waals surface area contributed by atoms with Gasteiger partial charge < -0.3 is 19.9 Å². The number of aliphatic hydroxyl groups is 1. The van der Waals surface area contributed by atoms with Crippen molar-refractivity contribution in [2.24, 2.45) is 0 Å². The van der Waals surface area contributed by atoms with Gasteiger partial charge in [-0.3, -0.25) is 0 Å². The van der Waals surface area contributed by atoms with E-state index in [4.69, 9.17) is 9.47 Å². The first-order valence-corrected chi connectivity index (χ1v) is 7.35. The molecule has 20 heavy (non-hydrogen) atoms. The summed E-state index contributed by atoms with van der Waals surface area (Å²) >= 11 is 0. The molecule has 0 amide bonds. The molecule has 1 aliphatic rings. The predicted octanol–water partition coefficient (Wildman–Crippen LogP) is 1.72. The summed E-state index contributed by atoms with van der Waals surface area (Å²) < 4.78 is 10.9. The molecule has 0 bridgehead atoms. The lowest BCUT2D eigenvalue weighted by molar-refractivity contribution is 0.0226. The molecule has 1 aromatic carbocycles. The van der Waals surface area contributed by atoms with Crippen LogP contribution in [0.3, 0.4) is 0 Å². The molecule has 1 saturated carbocycles. The number of ether oxygens (including phenoxy) is 2. The summed E-state index contributed by atoms with van der Waals surface area (Å²) in [5, 5.41) is 13.3. The summed E-state index contributed by atoms with van der Waals surface area (Å²) in [5.74, 6) is 0. The van der Waals surface area contributed by atoms with Crippen LogP contribution in [0.1, 0.15) is 24.8 Å². The van der Waals surface area contributed by atoms with Crippen molar-refractivity contribution in [1.29, 1.82) is 0 Å². The zero-order valence-corrected chi connectivity index (χ0v) is 12.1. The van der Waals surface area contributed by atoms with Gasteiger partial charge in [-0.05, 0) is 24.8 Å². The summed E-state index contributed by atoms with van der Waals surface area (Å²) in [5.41, 5.74) is 1.13. The quantitative estimate of drug-likeness (QED) is 0.761. The molecule has 3 unspecified atom stereocenters. The average molecular weight is 279 g/mol. The number of benzene rings is 1. The maximum Gasteiger partial charge on any atom is 0.0897 e. The van der Waals surface area contributed by atoms with E-state index in [-0.39, 0.29) is 6.10 Å². The molecular formula is C16H25NO3. The van der Waals surface area contributed by atoms with Crippen LogP contribution in [0.5, 0.6) is 0 Å². The SMILES string of the molecule is COC1CCCC1NCC(O)COCc1ccccc1. The van der Waals surface area contributed by atoms with Gasteiger partial charge in [-0.2, -0.15) is 0 Å². The summed E-state index contributed by atoms with van der Waals surface area (Å²) in [6.45, 7) is 1.45. The molecule has 0 aromatic heterocycles. The van der Waals surface area contributed by atoms with Crippen molar-refractivity contribution >= 4 is 0 Å². The molecule has 0 spiro atoms. The second-order valence-electron chi connectivity index (χ2n) is 5.37. The monoisotopic (exact) mass is 279 g/mol. The molecule has 1 aromatic rings. The first-order valence-electron chi connectivity index (χ1n) is 7.35. The number of hydrogen-bond donors (Lipinski definition) is 2. The van der Waals surface area contributed by atoms with Gasteiger partial charge in [-0.25, -0.2) is 0 Å². The maximum absolute atomic E-state index is 9.92. The summed E-state index contributed by atoms with van der Waals surface area (Å²) in [6.07, 6.45) is 3.23. The van der Waals surface area contributed by atoms with Gasteiger partial charge in [0.1, 0.15) is 0 Å². The Kier molecular flexibility index (Phi) is 6.47. The number of aliphatic hydroxyl groups excluding tert-OH is 1. The topological polar surface area (TPSA) is 50.7 Å². The van der Waals surface area contributed by atoms with Gasteiger partial charge in [0.15, 0.2) is 0 Å². The van der Waals surface area contributed by atoms with Crippen LogP contribution in [0.2, 0.25) is 0 Å². The summed E-state index contributed by atoms with van der Waals surface area (Å²) in [6, 6.07) is 10.4. The lowest BCUT2D eigenvalue weighted by Crippen LogP contribution is -2.42. The fraction of sp³-hybridized carbons (Fsp3) is 0.625. The highest BCUT2D eigenvalue weighted by Gasteiger charge is 2.26. The Balaban J connectivity index is 1.59. The Labute approximate surface area is 121 Å². The normalized spacial score (nSPS) is 23.9. The van der Waals surface area contributed by atoms with E-state index in [1.165, 1.54) is 6.42 Å². The second kappa shape index (κ2) is 8.37. The lowest BCUT2D eigenvalue weighted by Gasteiger charge is -2.21. The van der Waals surface area contributed by atoms with Gasteiger partial charge in [-0.15, -0.1) is 0 Å². The van der Waals surface area contributed by atoms with Crippen molar-refractivity contribution in [2.75, 3.05) is 20.3 Å². The van der Waals surface area contributed by atoms with Crippen LogP contribution >= 0.6 is 0 Å². The van der Waals surface area contributed by atoms with Crippen molar-refractivity contribution in [2.45, 2.75) is 44.1 Å². The maximum atomic E-state index is 9.92. The van der Waals surface area contributed by atoms with Crippen LogP contribution in [0.15, 0.2) is 30.3 Å². The van der Waals surface area contributed by atoms with Crippen molar-refractivity contribution in [3.8, 4) is 0 Å². The molecule has 0 radical (unpaired) electrons. The molecular weight excluding hydrogens is 254 g/mol. The van der Waals surface area contributed by atoms with E-state index in [2.05, 4.69) is 5.32 Å². The van der Waals surface area contributed by atoms with Gasteiger partial charge in [0.25, 0.3) is 0 Å². The highest BCUT2D eigenvalue weighted by Crippen LogP contribution is 2.21. The van der Waals surface area contributed by atoms with E-state index in [0.717, 1.165) is 18.4 Å². The highest BCUT2D eigenvalue weighted by molar-refractivity contribution is 5.13. The molecule has 3 atom stereocenters. The van der Waals surface area contributed by atoms with Crippen LogP contribution in [0.4, 0.5) is 0 Å². The van der Waals surface area contributed by atoms with E-state index >= 15 is 0 Å². The lowest BCUT2D eigenvalue weighted by atomic mass is 10.2. The number of rotatable bonds is 8. The Morgan fingerprint density at radius 2 is 2.10 bits per heavy atom. The van der Waals surface area contributed by atoms with Crippen molar-refractivity contribution in [3.05, 3.63) is 35.9 Å². The minimum Gasteiger partial charge on any atom is -0.389 e. The van der Waals surface area contributed by atoms with Crippen LogP contribution in [-0.4, -0.2) is 43.6 Å². The number of nitrogens with one attached hydrogen (secondary N) is 1. The largest absolute Gasteiger partial charge is 0.389 e. The van der Waals surface area contributed by atoms with E-state index in [0.29, 0.717) is 25.8 Å². The molecule has 2 N–H and O–H groups in total. The fourth-order valence-electron chi connectivity index (χ4n) is 2.68. The zero-order chi connectivity index (χ0) is 14.2. The summed E-state index contributed by atoms with van der Waals surface area (Å²) in [4.78, 5) is 0. The van der Waals surface area contributed by atoms with E-state index in [1.54, 1.807) is 7.11 Å². The van der Waals surface area contributed by atoms with Crippen LogP contribution in [0.25, 0.3) is 0 Å². The highest BCUT2D eigenvalue weighted by atomic mass is 16.5. The number of hydrogen-bond acceptors (Lipinski definition) is 4. The average Bonchev–Trinajstić information content (AvgIpc) is 2.94. The van der Waals surface area contributed by atoms with Gasteiger partial charge in [0.05, 0.1) is 25.4 Å². The van der Waals surface area contributed by atoms with Crippen molar-refractivity contribution < 1.29 is 14.6 Å². The minimum absolute atomic E-state index is 0.285. The van der Waals surface area contributed by atoms with Gasteiger partial charge >= 0.3 is 0 Å².